The SMILES string of the molecule is CC(C)(N)c1noc(-c2c(F)cc(F)cc2F)n1. The molecular formula is C11H10F3N3O. The molecule has 0 amide bonds. The van der Waals surface area contributed by atoms with Crippen molar-refractivity contribution in [3.05, 3.63) is 35.4 Å². The lowest BCUT2D eigenvalue weighted by Crippen LogP contribution is -2.30. The van der Waals surface area contributed by atoms with Gasteiger partial charge in [-0.1, -0.05) is 5.16 Å². The molecule has 1 aromatic carbocycles. The second kappa shape index (κ2) is 4.09. The van der Waals surface area contributed by atoms with Gasteiger partial charge in [0.25, 0.3) is 5.89 Å². The molecule has 0 aliphatic carbocycles. The van der Waals surface area contributed by atoms with Crippen LogP contribution in [0.3, 0.4) is 0 Å². The summed E-state index contributed by atoms with van der Waals surface area (Å²) in [5, 5.41) is 3.53. The van der Waals surface area contributed by atoms with Gasteiger partial charge in [-0.2, -0.15) is 4.98 Å². The van der Waals surface area contributed by atoms with Gasteiger partial charge in [0.2, 0.25) is 0 Å². The van der Waals surface area contributed by atoms with Crippen LogP contribution >= 0.6 is 0 Å². The number of rotatable bonds is 2. The summed E-state index contributed by atoms with van der Waals surface area (Å²) in [6.07, 6.45) is 0. The van der Waals surface area contributed by atoms with Crippen LogP contribution in [-0.2, 0) is 5.54 Å². The first-order valence-electron chi connectivity index (χ1n) is 5.07. The zero-order valence-electron chi connectivity index (χ0n) is 9.67. The molecule has 0 aliphatic rings. The van der Waals surface area contributed by atoms with Crippen LogP contribution in [0.2, 0.25) is 0 Å². The second-order valence-electron chi connectivity index (χ2n) is 4.39. The van der Waals surface area contributed by atoms with Crippen LogP contribution in [0, 0.1) is 17.5 Å². The van der Waals surface area contributed by atoms with Crippen LogP contribution in [0.25, 0.3) is 11.5 Å². The van der Waals surface area contributed by atoms with Crippen molar-refractivity contribution < 1.29 is 17.7 Å². The number of hydrogen-bond donors (Lipinski definition) is 1. The number of nitrogens with zero attached hydrogens (tertiary/aromatic N) is 2. The Balaban J connectivity index is 2.53. The van der Waals surface area contributed by atoms with Crippen LogP contribution in [0.15, 0.2) is 16.7 Å². The van der Waals surface area contributed by atoms with Crippen molar-refractivity contribution in [2.75, 3.05) is 0 Å². The Morgan fingerprint density at radius 3 is 2.17 bits per heavy atom. The molecular weight excluding hydrogens is 247 g/mol. The number of halogens is 3. The highest BCUT2D eigenvalue weighted by atomic mass is 19.1. The molecule has 0 atom stereocenters. The zero-order valence-corrected chi connectivity index (χ0v) is 9.67. The fourth-order valence-corrected chi connectivity index (χ4v) is 1.33. The molecule has 0 saturated heterocycles. The Labute approximate surface area is 101 Å². The molecule has 1 heterocycles. The minimum atomic E-state index is -1.11. The summed E-state index contributed by atoms with van der Waals surface area (Å²) < 4.78 is 44.4. The molecule has 2 aromatic rings. The standard InChI is InChI=1S/C11H10F3N3O/c1-11(2,15)10-16-9(18-17-10)8-6(13)3-5(12)4-7(8)14/h3-4H,15H2,1-2H3. The molecule has 96 valence electrons. The van der Waals surface area contributed by atoms with E-state index in [-0.39, 0.29) is 11.7 Å². The molecule has 1 aromatic heterocycles. The van der Waals surface area contributed by atoms with Crippen molar-refractivity contribution >= 4 is 0 Å². The van der Waals surface area contributed by atoms with Crippen molar-refractivity contribution in [1.82, 2.24) is 10.1 Å². The zero-order chi connectivity index (χ0) is 13.5. The van der Waals surface area contributed by atoms with Gasteiger partial charge in [-0.15, -0.1) is 0 Å². The highest BCUT2D eigenvalue weighted by Gasteiger charge is 2.25. The van der Waals surface area contributed by atoms with E-state index in [1.165, 1.54) is 0 Å². The van der Waals surface area contributed by atoms with E-state index in [1.54, 1.807) is 13.8 Å². The van der Waals surface area contributed by atoms with Gasteiger partial charge >= 0.3 is 0 Å². The number of nitrogens with two attached hydrogens (primary N) is 1. The largest absolute Gasteiger partial charge is 0.334 e. The molecule has 0 spiro atoms. The molecule has 2 rings (SSSR count). The molecule has 0 fully saturated rings. The summed E-state index contributed by atoms with van der Waals surface area (Å²) in [7, 11) is 0. The summed E-state index contributed by atoms with van der Waals surface area (Å²) in [5.41, 5.74) is 4.24. The van der Waals surface area contributed by atoms with Crippen LogP contribution in [0.5, 0.6) is 0 Å². The maximum absolute atomic E-state index is 13.5. The number of hydrogen-bond acceptors (Lipinski definition) is 4. The van der Waals surface area contributed by atoms with E-state index in [9.17, 15) is 13.2 Å². The minimum absolute atomic E-state index is 0.0978. The van der Waals surface area contributed by atoms with Crippen molar-refractivity contribution in [2.24, 2.45) is 5.73 Å². The maximum atomic E-state index is 13.5. The third-order valence-electron chi connectivity index (χ3n) is 2.22. The van der Waals surface area contributed by atoms with Gasteiger partial charge < -0.3 is 10.3 Å². The van der Waals surface area contributed by atoms with Crippen molar-refractivity contribution in [1.29, 1.82) is 0 Å². The molecule has 7 heteroatoms. The average Bonchev–Trinajstić information content (AvgIpc) is 2.64. The van der Waals surface area contributed by atoms with E-state index in [2.05, 4.69) is 10.1 Å². The van der Waals surface area contributed by atoms with Gasteiger partial charge in [0.1, 0.15) is 23.0 Å². The maximum Gasteiger partial charge on any atom is 0.263 e. The fraction of sp³-hybridized carbons (Fsp3) is 0.273. The van der Waals surface area contributed by atoms with Gasteiger partial charge in [0.15, 0.2) is 5.82 Å². The Kier molecular flexibility index (Phi) is 2.86. The van der Waals surface area contributed by atoms with Gasteiger partial charge in [-0.05, 0) is 13.8 Å². The van der Waals surface area contributed by atoms with Gasteiger partial charge in [-0.25, -0.2) is 13.2 Å². The molecule has 0 saturated carbocycles. The van der Waals surface area contributed by atoms with E-state index in [1.807, 2.05) is 0 Å². The van der Waals surface area contributed by atoms with E-state index >= 15 is 0 Å². The molecule has 4 nitrogen and oxygen atoms in total. The quantitative estimate of drug-likeness (QED) is 0.896. The minimum Gasteiger partial charge on any atom is -0.334 e. The predicted octanol–water partition coefficient (Wildman–Crippen LogP) is 2.35. The first kappa shape index (κ1) is 12.6. The van der Waals surface area contributed by atoms with Crippen molar-refractivity contribution in [2.45, 2.75) is 19.4 Å². The highest BCUT2D eigenvalue weighted by molar-refractivity contribution is 5.54. The van der Waals surface area contributed by atoms with Crippen LogP contribution < -0.4 is 5.73 Å². The molecule has 0 radical (unpaired) electrons. The monoisotopic (exact) mass is 257 g/mol. The molecule has 0 bridgehead atoms. The Bertz CT molecular complexity index is 566. The average molecular weight is 257 g/mol. The summed E-state index contributed by atoms with van der Waals surface area (Å²) in [5.74, 6) is -3.53. The Morgan fingerprint density at radius 2 is 1.72 bits per heavy atom. The summed E-state index contributed by atoms with van der Waals surface area (Å²) in [4.78, 5) is 3.80. The third-order valence-corrected chi connectivity index (χ3v) is 2.22. The van der Waals surface area contributed by atoms with E-state index in [4.69, 9.17) is 10.3 Å². The smallest absolute Gasteiger partial charge is 0.263 e. The fourth-order valence-electron chi connectivity index (χ4n) is 1.33. The van der Waals surface area contributed by atoms with Crippen molar-refractivity contribution in [3.8, 4) is 11.5 Å². The molecule has 0 aliphatic heterocycles. The normalized spacial score (nSPS) is 11.9. The van der Waals surface area contributed by atoms with Crippen LogP contribution in [0.4, 0.5) is 13.2 Å². The second-order valence-corrected chi connectivity index (χ2v) is 4.39. The number of benzene rings is 1. The van der Waals surface area contributed by atoms with E-state index in [0.717, 1.165) is 0 Å². The van der Waals surface area contributed by atoms with Gasteiger partial charge in [-0.3, -0.25) is 0 Å². The topological polar surface area (TPSA) is 64.9 Å². The first-order chi connectivity index (χ1) is 8.29. The molecule has 0 unspecified atom stereocenters. The predicted molar refractivity (Wildman–Crippen MR) is 56.8 cm³/mol. The molecule has 18 heavy (non-hydrogen) atoms. The third kappa shape index (κ3) is 2.21. The molecule has 2 N–H and O–H groups in total. The van der Waals surface area contributed by atoms with E-state index < -0.39 is 28.6 Å². The Hall–Kier alpha value is -1.89. The summed E-state index contributed by atoms with van der Waals surface area (Å²) in [6, 6.07) is 1.08. The van der Waals surface area contributed by atoms with Gasteiger partial charge in [0.05, 0.1) is 5.54 Å². The Morgan fingerprint density at radius 1 is 1.17 bits per heavy atom. The van der Waals surface area contributed by atoms with E-state index in [0.29, 0.717) is 12.1 Å². The van der Waals surface area contributed by atoms with Crippen LogP contribution in [-0.4, -0.2) is 10.1 Å². The highest BCUT2D eigenvalue weighted by Crippen LogP contribution is 2.26. The van der Waals surface area contributed by atoms with Crippen molar-refractivity contribution in [3.63, 3.8) is 0 Å². The lowest BCUT2D eigenvalue weighted by atomic mass is 10.1. The number of aromatic nitrogens is 2. The summed E-state index contributed by atoms with van der Waals surface area (Å²) in [6.45, 7) is 3.22. The lowest BCUT2D eigenvalue weighted by Gasteiger charge is -2.11. The lowest BCUT2D eigenvalue weighted by molar-refractivity contribution is 0.394. The first-order valence-corrected chi connectivity index (χ1v) is 5.07. The van der Waals surface area contributed by atoms with Gasteiger partial charge in [0, 0.05) is 12.1 Å². The van der Waals surface area contributed by atoms with Crippen LogP contribution in [0.1, 0.15) is 19.7 Å². The summed E-state index contributed by atoms with van der Waals surface area (Å²) >= 11 is 0.